The van der Waals surface area contributed by atoms with Crippen LogP contribution in [0.1, 0.15) is 117 Å². The highest BCUT2D eigenvalue weighted by Crippen LogP contribution is 2.47. The molecule has 2 saturated heterocycles. The summed E-state index contributed by atoms with van der Waals surface area (Å²) in [5.74, 6) is 5.10. The predicted octanol–water partition coefficient (Wildman–Crippen LogP) is 7.72. The number of hydroxylamine groups is 2. The normalized spacial score (nSPS) is 27.9. The highest BCUT2D eigenvalue weighted by Gasteiger charge is 2.47. The lowest BCUT2D eigenvalue weighted by Gasteiger charge is -2.29. The summed E-state index contributed by atoms with van der Waals surface area (Å²) >= 11 is 4.27. The second kappa shape index (κ2) is 16.0. The van der Waals surface area contributed by atoms with E-state index < -0.39 is 0 Å². The summed E-state index contributed by atoms with van der Waals surface area (Å²) in [6.45, 7) is 4.63. The van der Waals surface area contributed by atoms with E-state index in [9.17, 15) is 10.0 Å². The molecule has 0 aromatic heterocycles. The molecule has 3 rings (SSSR count). The Balaban J connectivity index is 1.26. The van der Waals surface area contributed by atoms with Crippen molar-refractivity contribution < 1.29 is 14.7 Å². The van der Waals surface area contributed by atoms with Gasteiger partial charge in [-0.25, -0.2) is 5.06 Å². The number of hydrogen-bond donors (Lipinski definition) is 1. The van der Waals surface area contributed by atoms with Crippen molar-refractivity contribution in [3.63, 3.8) is 0 Å². The molecule has 2 bridgehead atoms. The first kappa shape index (κ1) is 28.7. The van der Waals surface area contributed by atoms with Crippen LogP contribution in [-0.2, 0) is 9.53 Å². The molecule has 4 nitrogen and oxygen atoms in total. The van der Waals surface area contributed by atoms with Crippen molar-refractivity contribution in [3.05, 3.63) is 0 Å². The number of amides is 1. The van der Waals surface area contributed by atoms with E-state index in [0.717, 1.165) is 66.4 Å². The van der Waals surface area contributed by atoms with Gasteiger partial charge in [0.25, 0.3) is 0 Å². The minimum Gasteiger partial charge on any atom is -0.374 e. The first-order valence-corrected chi connectivity index (χ1v) is 16.7. The summed E-state index contributed by atoms with van der Waals surface area (Å²) in [6.07, 6.45) is 19.5. The van der Waals surface area contributed by atoms with E-state index in [-0.39, 0.29) is 11.9 Å². The van der Waals surface area contributed by atoms with E-state index in [1.165, 1.54) is 69.3 Å². The minimum atomic E-state index is -0.0726. The maximum absolute atomic E-state index is 12.3. The van der Waals surface area contributed by atoms with Crippen molar-refractivity contribution in [2.24, 2.45) is 11.8 Å². The van der Waals surface area contributed by atoms with E-state index in [1.807, 2.05) is 0 Å². The van der Waals surface area contributed by atoms with Crippen molar-refractivity contribution in [3.8, 4) is 0 Å². The fourth-order valence-electron chi connectivity index (χ4n) is 6.30. The molecule has 0 spiro atoms. The lowest BCUT2D eigenvalue weighted by Crippen LogP contribution is -2.38. The lowest BCUT2D eigenvalue weighted by atomic mass is 9.78. The smallest absolute Gasteiger partial charge is 0.246 e. The molecule has 6 heteroatoms. The molecule has 1 amide bonds. The van der Waals surface area contributed by atoms with Crippen molar-refractivity contribution in [1.29, 1.82) is 0 Å². The summed E-state index contributed by atoms with van der Waals surface area (Å²) in [7, 11) is 0. The Morgan fingerprint density at radius 2 is 1.71 bits per heavy atom. The van der Waals surface area contributed by atoms with Crippen LogP contribution >= 0.6 is 23.5 Å². The van der Waals surface area contributed by atoms with Gasteiger partial charge in [-0.3, -0.25) is 10.0 Å². The number of unbranched alkanes of at least 4 members (excludes halogenated alkanes) is 2. The number of nitrogens with zero attached hydrogens (tertiary/aromatic N) is 1. The van der Waals surface area contributed by atoms with Gasteiger partial charge in [0.2, 0.25) is 5.91 Å². The van der Waals surface area contributed by atoms with Gasteiger partial charge >= 0.3 is 0 Å². The first-order valence-electron chi connectivity index (χ1n) is 14.5. The van der Waals surface area contributed by atoms with Gasteiger partial charge in [0.1, 0.15) is 0 Å². The molecule has 2 aliphatic heterocycles. The van der Waals surface area contributed by atoms with Gasteiger partial charge in [0.05, 0.1) is 18.2 Å². The molecule has 3 aliphatic rings. The zero-order chi connectivity index (χ0) is 24.2. The third-order valence-corrected chi connectivity index (χ3v) is 11.1. The summed E-state index contributed by atoms with van der Waals surface area (Å²) < 4.78 is 6.34. The second-order valence-corrected chi connectivity index (χ2v) is 13.4. The van der Waals surface area contributed by atoms with Gasteiger partial charge in [0, 0.05) is 11.7 Å². The average molecular weight is 514 g/mol. The molecule has 34 heavy (non-hydrogen) atoms. The number of fused-ring (bicyclic) bond motifs is 2. The van der Waals surface area contributed by atoms with E-state index in [4.69, 9.17) is 4.74 Å². The second-order valence-electron chi connectivity index (χ2n) is 10.9. The van der Waals surface area contributed by atoms with Crippen LogP contribution in [0, 0.1) is 11.8 Å². The molecule has 2 heterocycles. The van der Waals surface area contributed by atoms with Crippen LogP contribution in [0.2, 0.25) is 0 Å². The van der Waals surface area contributed by atoms with Crippen molar-refractivity contribution in [2.75, 3.05) is 17.3 Å². The van der Waals surface area contributed by atoms with Gasteiger partial charge in [-0.1, -0.05) is 46.0 Å². The summed E-state index contributed by atoms with van der Waals surface area (Å²) in [6, 6.07) is 0.0633. The van der Waals surface area contributed by atoms with E-state index >= 15 is 0 Å². The fraction of sp³-hybridized carbons (Fsp3) is 0.964. The third-order valence-electron chi connectivity index (χ3n) is 8.36. The molecule has 1 N–H and O–H groups in total. The Bertz CT molecular complexity index is 572. The topological polar surface area (TPSA) is 49.8 Å². The van der Waals surface area contributed by atoms with Crippen molar-refractivity contribution in [2.45, 2.75) is 140 Å². The van der Waals surface area contributed by atoms with Gasteiger partial charge in [-0.2, -0.15) is 23.5 Å². The summed E-state index contributed by atoms with van der Waals surface area (Å²) in [5.41, 5.74) is 0. The zero-order valence-electron chi connectivity index (χ0n) is 21.9. The van der Waals surface area contributed by atoms with Crippen LogP contribution < -0.4 is 0 Å². The number of hydrogen-bond acceptors (Lipinski definition) is 5. The Morgan fingerprint density at radius 3 is 2.44 bits per heavy atom. The SMILES string of the molecule is CCCC(CC)SCCCCC1C2CCC(O2)C1CSCCCCC(=O)N(O)C1CCCCC1. The maximum atomic E-state index is 12.3. The molecule has 1 aliphatic carbocycles. The molecule has 0 aromatic rings. The van der Waals surface area contributed by atoms with Crippen LogP contribution in [0.15, 0.2) is 0 Å². The molecule has 0 radical (unpaired) electrons. The largest absolute Gasteiger partial charge is 0.374 e. The van der Waals surface area contributed by atoms with Crippen molar-refractivity contribution in [1.82, 2.24) is 5.06 Å². The van der Waals surface area contributed by atoms with E-state index in [2.05, 4.69) is 37.4 Å². The summed E-state index contributed by atoms with van der Waals surface area (Å²) in [4.78, 5) is 12.3. The number of carbonyl (C=O) groups excluding carboxylic acids is 1. The minimum absolute atomic E-state index is 0.0633. The maximum Gasteiger partial charge on any atom is 0.246 e. The van der Waals surface area contributed by atoms with Crippen molar-refractivity contribution >= 4 is 29.4 Å². The van der Waals surface area contributed by atoms with Crippen LogP contribution in [-0.4, -0.2) is 56.9 Å². The lowest BCUT2D eigenvalue weighted by molar-refractivity contribution is -0.178. The van der Waals surface area contributed by atoms with Gasteiger partial charge in [-0.05, 0) is 93.3 Å². The molecule has 0 aromatic carbocycles. The quantitative estimate of drug-likeness (QED) is 0.123. The molecule has 5 atom stereocenters. The Kier molecular flexibility index (Phi) is 13.5. The predicted molar refractivity (Wildman–Crippen MR) is 147 cm³/mol. The van der Waals surface area contributed by atoms with Crippen LogP contribution in [0.25, 0.3) is 0 Å². The van der Waals surface area contributed by atoms with Gasteiger partial charge in [0.15, 0.2) is 0 Å². The first-order chi connectivity index (χ1) is 16.6. The Morgan fingerprint density at radius 1 is 0.971 bits per heavy atom. The molecular weight excluding hydrogens is 462 g/mol. The third kappa shape index (κ3) is 8.88. The van der Waals surface area contributed by atoms with E-state index in [0.29, 0.717) is 18.6 Å². The highest BCUT2D eigenvalue weighted by atomic mass is 32.2. The standard InChI is InChI=1S/C28H51NO3S2/c1-3-12-23(4-2)34-20-11-8-15-24-25(27-18-17-26(24)32-27)21-33-19-10-9-16-28(30)29(31)22-13-6-5-7-14-22/h22-27,31H,3-21H2,1-2H3. The molecule has 5 unspecified atom stereocenters. The monoisotopic (exact) mass is 513 g/mol. The Labute approximate surface area is 218 Å². The highest BCUT2D eigenvalue weighted by molar-refractivity contribution is 7.99. The van der Waals surface area contributed by atoms with E-state index in [1.54, 1.807) is 0 Å². The number of thioether (sulfide) groups is 2. The molecule has 198 valence electrons. The molecular formula is C28H51NO3S2. The van der Waals surface area contributed by atoms with Gasteiger partial charge in [-0.15, -0.1) is 0 Å². The van der Waals surface area contributed by atoms with Gasteiger partial charge < -0.3 is 4.74 Å². The fourth-order valence-corrected chi connectivity index (χ4v) is 8.96. The van der Waals surface area contributed by atoms with Crippen LogP contribution in [0.4, 0.5) is 0 Å². The molecule has 3 fully saturated rings. The number of ether oxygens (including phenoxy) is 1. The summed E-state index contributed by atoms with van der Waals surface area (Å²) in [5, 5.41) is 12.1. The van der Waals surface area contributed by atoms with Crippen LogP contribution in [0.3, 0.4) is 0 Å². The Hall–Kier alpha value is 0.0900. The number of carbonyl (C=O) groups is 1. The average Bonchev–Trinajstić information content (AvgIpc) is 3.47. The number of rotatable bonds is 17. The molecule has 1 saturated carbocycles. The van der Waals surface area contributed by atoms with Crippen LogP contribution in [0.5, 0.6) is 0 Å². The zero-order valence-corrected chi connectivity index (χ0v) is 23.6.